The van der Waals surface area contributed by atoms with E-state index in [1.807, 2.05) is 0 Å². The predicted octanol–water partition coefficient (Wildman–Crippen LogP) is 2.01. The van der Waals surface area contributed by atoms with Crippen LogP contribution in [-0.2, 0) is 24.7 Å². The lowest BCUT2D eigenvalue weighted by molar-refractivity contribution is -0.120. The Morgan fingerprint density at radius 1 is 1.03 bits per heavy atom. The Hall–Kier alpha value is -2.53. The topological polar surface area (TPSA) is 101 Å². The van der Waals surface area contributed by atoms with Crippen molar-refractivity contribution in [3.8, 4) is 0 Å². The molecule has 0 spiro atoms. The lowest BCUT2D eigenvalue weighted by Crippen LogP contribution is -2.41. The molecule has 0 aromatic heterocycles. The molecule has 1 amide bonds. The van der Waals surface area contributed by atoms with E-state index in [-0.39, 0.29) is 4.90 Å². The summed E-state index contributed by atoms with van der Waals surface area (Å²) in [7, 11) is -7.39. The van der Waals surface area contributed by atoms with E-state index in [9.17, 15) is 30.4 Å². The third-order valence-electron chi connectivity index (χ3n) is 4.05. The van der Waals surface area contributed by atoms with Gasteiger partial charge in [-0.05, 0) is 36.8 Å². The van der Waals surface area contributed by atoms with E-state index in [0.29, 0.717) is 15.9 Å². The number of nitrogens with one attached hydrogen (secondary N) is 1. The van der Waals surface area contributed by atoms with Crippen LogP contribution >= 0.6 is 0 Å². The largest absolute Gasteiger partial charge is 0.348 e. The molecule has 0 aliphatic carbocycles. The van der Waals surface area contributed by atoms with Gasteiger partial charge in [0.2, 0.25) is 15.9 Å². The number of sulfonamides is 1. The summed E-state index contributed by atoms with van der Waals surface area (Å²) in [6.45, 7) is 0.907. The van der Waals surface area contributed by atoms with Gasteiger partial charge in [0.15, 0.2) is 9.84 Å². The fourth-order valence-corrected chi connectivity index (χ4v) is 4.06. The Bertz CT molecular complexity index is 1120. The number of benzene rings is 2. The van der Waals surface area contributed by atoms with Gasteiger partial charge < -0.3 is 5.32 Å². The third-order valence-corrected chi connectivity index (χ3v) is 6.31. The number of carbonyl (C=O) groups excluding carboxylic acids is 1. The first-order valence-electron chi connectivity index (χ1n) is 8.31. The summed E-state index contributed by atoms with van der Waals surface area (Å²) in [6, 6.07) is 7.61. The van der Waals surface area contributed by atoms with Crippen LogP contribution in [0.25, 0.3) is 0 Å². The van der Waals surface area contributed by atoms with Gasteiger partial charge in [0.25, 0.3) is 0 Å². The summed E-state index contributed by atoms with van der Waals surface area (Å²) in [5, 5.41) is 2.57. The van der Waals surface area contributed by atoms with E-state index in [2.05, 4.69) is 5.32 Å². The molecule has 2 aromatic rings. The third kappa shape index (κ3) is 5.97. The lowest BCUT2D eigenvalue weighted by atomic mass is 10.1. The van der Waals surface area contributed by atoms with Gasteiger partial charge in [-0.2, -0.15) is 0 Å². The average Bonchev–Trinajstić information content (AvgIpc) is 2.58. The fourth-order valence-electron chi connectivity index (χ4n) is 2.57. The summed E-state index contributed by atoms with van der Waals surface area (Å²) in [6.07, 6.45) is 1.87. The molecule has 0 fully saturated rings. The average molecular weight is 446 g/mol. The summed E-state index contributed by atoms with van der Waals surface area (Å²) >= 11 is 0. The van der Waals surface area contributed by atoms with Crippen LogP contribution in [-0.4, -0.2) is 41.8 Å². The quantitative estimate of drug-likeness (QED) is 0.701. The summed E-state index contributed by atoms with van der Waals surface area (Å²) in [5.41, 5.74) is 0.138. The zero-order valence-corrected chi connectivity index (χ0v) is 17.5. The molecule has 1 atom stereocenters. The molecule has 0 heterocycles. The number of carbonyl (C=O) groups is 1. The van der Waals surface area contributed by atoms with Crippen LogP contribution in [0.2, 0.25) is 0 Å². The van der Waals surface area contributed by atoms with E-state index < -0.39 is 55.7 Å². The number of rotatable bonds is 7. The van der Waals surface area contributed by atoms with Crippen molar-refractivity contribution in [1.82, 2.24) is 5.32 Å². The maximum Gasteiger partial charge on any atom is 0.241 e. The van der Waals surface area contributed by atoms with Crippen molar-refractivity contribution in [3.05, 3.63) is 59.7 Å². The molecule has 0 bridgehead atoms. The van der Waals surface area contributed by atoms with E-state index in [0.717, 1.165) is 24.6 Å². The van der Waals surface area contributed by atoms with Crippen LogP contribution in [0.3, 0.4) is 0 Å². The lowest BCUT2D eigenvalue weighted by Gasteiger charge is -2.23. The van der Waals surface area contributed by atoms with E-state index in [4.69, 9.17) is 0 Å². The Balaban J connectivity index is 2.18. The number of hydrogen-bond acceptors (Lipinski definition) is 5. The first-order valence-corrected chi connectivity index (χ1v) is 12.0. The molecule has 2 aromatic carbocycles. The number of anilines is 1. The van der Waals surface area contributed by atoms with Crippen molar-refractivity contribution >= 4 is 31.5 Å². The zero-order chi connectivity index (χ0) is 22.0. The number of halogens is 2. The Kier molecular flexibility index (Phi) is 6.63. The van der Waals surface area contributed by atoms with Gasteiger partial charge in [0.1, 0.15) is 18.2 Å². The van der Waals surface area contributed by atoms with Crippen LogP contribution < -0.4 is 9.62 Å². The van der Waals surface area contributed by atoms with Gasteiger partial charge in [-0.1, -0.05) is 12.1 Å². The van der Waals surface area contributed by atoms with E-state index in [1.165, 1.54) is 24.3 Å². The molecule has 11 heteroatoms. The second-order valence-corrected chi connectivity index (χ2v) is 10.4. The minimum absolute atomic E-state index is 0.120. The molecule has 7 nitrogen and oxygen atoms in total. The molecule has 2 rings (SSSR count). The van der Waals surface area contributed by atoms with Gasteiger partial charge in [-0.15, -0.1) is 0 Å². The summed E-state index contributed by atoms with van der Waals surface area (Å²) < 4.78 is 74.7. The maximum absolute atomic E-state index is 14.0. The molecular weight excluding hydrogens is 426 g/mol. The van der Waals surface area contributed by atoms with E-state index in [1.54, 1.807) is 6.92 Å². The summed E-state index contributed by atoms with van der Waals surface area (Å²) in [4.78, 5) is 12.5. The summed E-state index contributed by atoms with van der Waals surface area (Å²) in [5.74, 6) is -2.72. The molecule has 0 saturated carbocycles. The molecule has 0 radical (unpaired) electrons. The molecule has 1 N–H and O–H groups in total. The highest BCUT2D eigenvalue weighted by atomic mass is 32.2. The normalized spacial score (nSPS) is 13.0. The first-order chi connectivity index (χ1) is 13.3. The number of amides is 1. The highest BCUT2D eigenvalue weighted by Crippen LogP contribution is 2.23. The second kappa shape index (κ2) is 8.46. The minimum atomic E-state index is -4.03. The standard InChI is InChI=1S/C18H20F2N2O5S2/c1-12(13-4-7-15(8-5-13)28(2,24)25)21-18(23)11-22(29(3,26)27)17-9-6-14(19)10-16(17)20/h4-10,12H,11H2,1-3H3,(H,21,23)/t12-/m0/s1. The molecule has 0 unspecified atom stereocenters. The number of nitrogens with zero attached hydrogens (tertiary/aromatic N) is 1. The van der Waals surface area contributed by atoms with Crippen LogP contribution in [0, 0.1) is 11.6 Å². The minimum Gasteiger partial charge on any atom is -0.348 e. The van der Waals surface area contributed by atoms with Crippen molar-refractivity contribution in [3.63, 3.8) is 0 Å². The van der Waals surface area contributed by atoms with Crippen molar-refractivity contribution in [2.24, 2.45) is 0 Å². The number of hydrogen-bond donors (Lipinski definition) is 1. The Morgan fingerprint density at radius 2 is 1.62 bits per heavy atom. The molecule has 0 saturated heterocycles. The molecule has 0 aliphatic rings. The van der Waals surface area contributed by atoms with Crippen molar-refractivity contribution in [2.75, 3.05) is 23.4 Å². The number of sulfone groups is 1. The molecule has 158 valence electrons. The molecular formula is C18H20F2N2O5S2. The van der Waals surface area contributed by atoms with Gasteiger partial charge in [0, 0.05) is 12.3 Å². The van der Waals surface area contributed by atoms with E-state index >= 15 is 0 Å². The van der Waals surface area contributed by atoms with Gasteiger partial charge >= 0.3 is 0 Å². The zero-order valence-electron chi connectivity index (χ0n) is 15.9. The van der Waals surface area contributed by atoms with Crippen molar-refractivity contribution < 1.29 is 30.4 Å². The van der Waals surface area contributed by atoms with Crippen LogP contribution in [0.1, 0.15) is 18.5 Å². The van der Waals surface area contributed by atoms with Gasteiger partial charge in [-0.3, -0.25) is 9.10 Å². The Morgan fingerprint density at radius 3 is 2.10 bits per heavy atom. The van der Waals surface area contributed by atoms with Crippen molar-refractivity contribution in [2.45, 2.75) is 17.9 Å². The predicted molar refractivity (Wildman–Crippen MR) is 105 cm³/mol. The van der Waals surface area contributed by atoms with Gasteiger partial charge in [0.05, 0.1) is 22.9 Å². The molecule has 29 heavy (non-hydrogen) atoms. The monoisotopic (exact) mass is 446 g/mol. The smallest absolute Gasteiger partial charge is 0.241 e. The van der Waals surface area contributed by atoms with Crippen LogP contribution in [0.15, 0.2) is 47.4 Å². The fraction of sp³-hybridized carbons (Fsp3) is 0.278. The maximum atomic E-state index is 14.0. The highest BCUT2D eigenvalue weighted by Gasteiger charge is 2.24. The van der Waals surface area contributed by atoms with Gasteiger partial charge in [-0.25, -0.2) is 25.6 Å². The molecule has 0 aliphatic heterocycles. The SMILES string of the molecule is C[C@H](NC(=O)CN(c1ccc(F)cc1F)S(C)(=O)=O)c1ccc(S(C)(=O)=O)cc1. The van der Waals surface area contributed by atoms with Crippen LogP contribution in [0.4, 0.5) is 14.5 Å². The Labute approximate surface area is 168 Å². The second-order valence-electron chi connectivity index (χ2n) is 6.50. The van der Waals surface area contributed by atoms with Crippen molar-refractivity contribution in [1.29, 1.82) is 0 Å². The van der Waals surface area contributed by atoms with Crippen LogP contribution in [0.5, 0.6) is 0 Å². The first kappa shape index (κ1) is 22.8. The highest BCUT2D eigenvalue weighted by molar-refractivity contribution is 7.92.